The Morgan fingerprint density at radius 2 is 0.929 bits per heavy atom. The molecule has 2 rings (SSSR count). The highest BCUT2D eigenvalue weighted by molar-refractivity contribution is 7.85. The lowest BCUT2D eigenvalue weighted by Crippen LogP contribution is -2.29. The van der Waals surface area contributed by atoms with E-state index >= 15 is 0 Å². The predicted octanol–water partition coefficient (Wildman–Crippen LogP) is 7.42. The summed E-state index contributed by atoms with van der Waals surface area (Å²) in [4.78, 5) is 0. The molecule has 0 aliphatic carbocycles. The van der Waals surface area contributed by atoms with Crippen molar-refractivity contribution in [3.63, 3.8) is 0 Å². The number of hydrogen-bond donors (Lipinski definition) is 0. The van der Waals surface area contributed by atoms with Gasteiger partial charge in [-0.3, -0.25) is 4.21 Å². The molecule has 2 aromatic rings. The van der Waals surface area contributed by atoms with Gasteiger partial charge in [0.25, 0.3) is 0 Å². The Morgan fingerprint density at radius 1 is 0.607 bits per heavy atom. The van der Waals surface area contributed by atoms with Crippen molar-refractivity contribution in [3.8, 4) is 0 Å². The van der Waals surface area contributed by atoms with Gasteiger partial charge in [-0.1, -0.05) is 90.1 Å². The molecule has 0 heterocycles. The molecule has 2 heteroatoms. The number of aryl methyl sites for hydroxylation is 2. The summed E-state index contributed by atoms with van der Waals surface area (Å²) in [6, 6.07) is 17.0. The molecule has 0 spiro atoms. The molecule has 154 valence electrons. The Kier molecular flexibility index (Phi) is 8.07. The van der Waals surface area contributed by atoms with Crippen LogP contribution >= 0.6 is 0 Å². The molecular weight excluding hydrogens is 360 g/mol. The predicted molar refractivity (Wildman–Crippen MR) is 124 cm³/mol. The molecule has 0 amide bonds. The van der Waals surface area contributed by atoms with E-state index in [1.165, 1.54) is 22.3 Å². The van der Waals surface area contributed by atoms with Gasteiger partial charge in [0, 0.05) is 10.8 Å². The standard InChI is InChI=1S/C26H38OS/c1-17(2)21(7)25(23-15-11-9-13-19(23)5)28(27)26(22(8)18(3)4)24-16-12-10-14-20(24)6/h9-18,21-22,25-26H,1-8H3/t21-,22-,25?,26?,28?/m1/s1. The molecule has 1 nitrogen and oxygen atoms in total. The van der Waals surface area contributed by atoms with E-state index in [1.54, 1.807) is 0 Å². The normalized spacial score (nSPS) is 17.4. The van der Waals surface area contributed by atoms with Gasteiger partial charge in [0.15, 0.2) is 0 Å². The minimum Gasteiger partial charge on any atom is -0.258 e. The van der Waals surface area contributed by atoms with Crippen LogP contribution in [0.1, 0.15) is 74.3 Å². The van der Waals surface area contributed by atoms with Gasteiger partial charge >= 0.3 is 0 Å². The first-order valence-electron chi connectivity index (χ1n) is 10.7. The van der Waals surface area contributed by atoms with Crippen LogP contribution < -0.4 is 0 Å². The number of rotatable bonds is 8. The summed E-state index contributed by atoms with van der Waals surface area (Å²) < 4.78 is 14.4. The van der Waals surface area contributed by atoms with Gasteiger partial charge in [0.1, 0.15) is 0 Å². The maximum atomic E-state index is 14.4. The van der Waals surface area contributed by atoms with E-state index in [0.29, 0.717) is 23.7 Å². The minimum absolute atomic E-state index is 0.0343. The van der Waals surface area contributed by atoms with E-state index in [-0.39, 0.29) is 10.5 Å². The molecule has 2 aromatic carbocycles. The van der Waals surface area contributed by atoms with Crippen LogP contribution in [0.2, 0.25) is 0 Å². The lowest BCUT2D eigenvalue weighted by atomic mass is 9.88. The number of hydrogen-bond acceptors (Lipinski definition) is 1. The van der Waals surface area contributed by atoms with E-state index in [0.717, 1.165) is 0 Å². The van der Waals surface area contributed by atoms with Crippen molar-refractivity contribution < 1.29 is 4.21 Å². The first-order valence-corrected chi connectivity index (χ1v) is 11.9. The van der Waals surface area contributed by atoms with Crippen molar-refractivity contribution in [2.24, 2.45) is 23.7 Å². The number of benzene rings is 2. The van der Waals surface area contributed by atoms with Crippen LogP contribution in [0.15, 0.2) is 48.5 Å². The van der Waals surface area contributed by atoms with Crippen molar-refractivity contribution in [2.75, 3.05) is 0 Å². The van der Waals surface area contributed by atoms with E-state index in [2.05, 4.69) is 104 Å². The summed E-state index contributed by atoms with van der Waals surface area (Å²) in [6.07, 6.45) is 0. The zero-order valence-corrected chi connectivity index (χ0v) is 19.7. The highest BCUT2D eigenvalue weighted by Gasteiger charge is 2.37. The average molecular weight is 399 g/mol. The van der Waals surface area contributed by atoms with Crippen molar-refractivity contribution in [1.29, 1.82) is 0 Å². The maximum Gasteiger partial charge on any atom is 0.0633 e. The highest BCUT2D eigenvalue weighted by atomic mass is 32.2. The molecule has 4 atom stereocenters. The van der Waals surface area contributed by atoms with Crippen LogP contribution in [0.3, 0.4) is 0 Å². The van der Waals surface area contributed by atoms with Gasteiger partial charge in [-0.15, -0.1) is 0 Å². The lowest BCUT2D eigenvalue weighted by molar-refractivity contribution is 0.381. The van der Waals surface area contributed by atoms with Crippen LogP contribution in [0.4, 0.5) is 0 Å². The van der Waals surface area contributed by atoms with Crippen LogP contribution in [-0.4, -0.2) is 4.21 Å². The monoisotopic (exact) mass is 398 g/mol. The van der Waals surface area contributed by atoms with Gasteiger partial charge in [-0.05, 0) is 59.8 Å². The molecule has 28 heavy (non-hydrogen) atoms. The summed E-state index contributed by atoms with van der Waals surface area (Å²) in [5, 5.41) is 0.0685. The molecule has 0 aliphatic heterocycles. The maximum absolute atomic E-state index is 14.4. The van der Waals surface area contributed by atoms with Crippen molar-refractivity contribution in [3.05, 3.63) is 70.8 Å². The summed E-state index contributed by atoms with van der Waals surface area (Å²) in [5.41, 5.74) is 4.98. The van der Waals surface area contributed by atoms with E-state index in [1.807, 2.05) is 0 Å². The Bertz CT molecular complexity index is 727. The molecule has 0 N–H and O–H groups in total. The fourth-order valence-corrected chi connectivity index (χ4v) is 6.73. The summed E-state index contributed by atoms with van der Waals surface area (Å²) in [5.74, 6) is 1.63. The third-order valence-electron chi connectivity index (χ3n) is 6.55. The Hall–Kier alpha value is -1.41. The zero-order chi connectivity index (χ0) is 21.0. The van der Waals surface area contributed by atoms with Crippen molar-refractivity contribution in [2.45, 2.75) is 65.9 Å². The van der Waals surface area contributed by atoms with Crippen LogP contribution in [0.25, 0.3) is 0 Å². The second-order valence-electron chi connectivity index (χ2n) is 9.09. The molecule has 0 bridgehead atoms. The fourth-order valence-electron chi connectivity index (χ4n) is 3.91. The van der Waals surface area contributed by atoms with Gasteiger partial charge in [-0.2, -0.15) is 0 Å². The molecule has 0 aliphatic rings. The molecule has 0 radical (unpaired) electrons. The van der Waals surface area contributed by atoms with Gasteiger partial charge in [-0.25, -0.2) is 0 Å². The molecule has 2 unspecified atom stereocenters. The Balaban J connectivity index is 2.63. The third kappa shape index (κ3) is 4.95. The van der Waals surface area contributed by atoms with E-state index in [4.69, 9.17) is 0 Å². The van der Waals surface area contributed by atoms with Gasteiger partial charge in [0.05, 0.1) is 10.5 Å². The largest absolute Gasteiger partial charge is 0.258 e. The molecule has 0 saturated carbocycles. The lowest BCUT2D eigenvalue weighted by Gasteiger charge is -2.35. The average Bonchev–Trinajstić information content (AvgIpc) is 2.64. The minimum atomic E-state index is -1.02. The quantitative estimate of drug-likeness (QED) is 0.452. The molecule has 0 saturated heterocycles. The SMILES string of the molecule is Cc1ccccc1C([C@H](C)C(C)C)S(=O)C(c1ccccc1C)[C@H](C)C(C)C. The third-order valence-corrected chi connectivity index (χ3v) is 8.92. The second-order valence-corrected chi connectivity index (χ2v) is 10.8. The molecule has 0 aromatic heterocycles. The van der Waals surface area contributed by atoms with Crippen molar-refractivity contribution in [1.82, 2.24) is 0 Å². The molecule has 0 fully saturated rings. The van der Waals surface area contributed by atoms with E-state index < -0.39 is 10.8 Å². The molecular formula is C26H38OS. The summed E-state index contributed by atoms with van der Waals surface area (Å²) in [6.45, 7) is 17.9. The summed E-state index contributed by atoms with van der Waals surface area (Å²) in [7, 11) is -1.02. The smallest absolute Gasteiger partial charge is 0.0633 e. The van der Waals surface area contributed by atoms with Crippen LogP contribution in [-0.2, 0) is 10.8 Å². The topological polar surface area (TPSA) is 17.1 Å². The van der Waals surface area contributed by atoms with Crippen LogP contribution in [0, 0.1) is 37.5 Å². The van der Waals surface area contributed by atoms with Crippen molar-refractivity contribution >= 4 is 10.8 Å². The van der Waals surface area contributed by atoms with Gasteiger partial charge < -0.3 is 0 Å². The fraction of sp³-hybridized carbons (Fsp3) is 0.538. The second kappa shape index (κ2) is 9.87. The highest BCUT2D eigenvalue weighted by Crippen LogP contribution is 2.44. The van der Waals surface area contributed by atoms with Crippen LogP contribution in [0.5, 0.6) is 0 Å². The van der Waals surface area contributed by atoms with Gasteiger partial charge in [0.2, 0.25) is 0 Å². The first kappa shape index (κ1) is 22.9. The van der Waals surface area contributed by atoms with E-state index in [9.17, 15) is 4.21 Å². The Morgan fingerprint density at radius 3 is 1.21 bits per heavy atom. The first-order chi connectivity index (χ1) is 13.2. The Labute approximate surface area is 175 Å². The summed E-state index contributed by atoms with van der Waals surface area (Å²) >= 11 is 0. The zero-order valence-electron chi connectivity index (χ0n) is 18.9.